The number of amides is 1. The molecular formula is C14H21N3O2. The number of carbonyl (C=O) groups is 1. The van der Waals surface area contributed by atoms with Gasteiger partial charge in [0.25, 0.3) is 5.91 Å². The fraction of sp³-hybridized carbons (Fsp3) is 0.714. The minimum absolute atomic E-state index is 0.0692. The number of hydrogen-bond donors (Lipinski definition) is 1. The highest BCUT2D eigenvalue weighted by Gasteiger charge is 2.39. The van der Waals surface area contributed by atoms with Crippen LogP contribution in [0.3, 0.4) is 0 Å². The van der Waals surface area contributed by atoms with Crippen molar-refractivity contribution in [2.45, 2.75) is 51.2 Å². The Labute approximate surface area is 113 Å². The zero-order chi connectivity index (χ0) is 13.5. The summed E-state index contributed by atoms with van der Waals surface area (Å²) >= 11 is 0. The number of aromatic amines is 1. The first kappa shape index (κ1) is 12.7. The topological polar surface area (TPSA) is 58.2 Å². The molecular weight excluding hydrogens is 242 g/mol. The highest BCUT2D eigenvalue weighted by Crippen LogP contribution is 2.28. The maximum Gasteiger partial charge on any atom is 0.254 e. The van der Waals surface area contributed by atoms with Gasteiger partial charge in [-0.25, -0.2) is 0 Å². The van der Waals surface area contributed by atoms with Crippen molar-refractivity contribution in [2.24, 2.45) is 0 Å². The predicted molar refractivity (Wildman–Crippen MR) is 70.7 cm³/mol. The van der Waals surface area contributed by atoms with Crippen LogP contribution >= 0.6 is 0 Å². The number of aryl methyl sites for hydroxylation is 1. The number of hydrogen-bond acceptors (Lipinski definition) is 3. The highest BCUT2D eigenvalue weighted by molar-refractivity contribution is 5.84. The van der Waals surface area contributed by atoms with E-state index in [4.69, 9.17) is 4.74 Å². The second kappa shape index (κ2) is 4.63. The summed E-state index contributed by atoms with van der Waals surface area (Å²) in [5.74, 6) is 0.0692. The third kappa shape index (κ3) is 2.16. The Bertz CT molecular complexity index is 489. The molecule has 1 aliphatic heterocycles. The van der Waals surface area contributed by atoms with Crippen LogP contribution in [0.25, 0.3) is 0 Å². The van der Waals surface area contributed by atoms with Gasteiger partial charge < -0.3 is 9.64 Å². The molecule has 0 unspecified atom stereocenters. The van der Waals surface area contributed by atoms with Crippen molar-refractivity contribution in [1.82, 2.24) is 15.1 Å². The summed E-state index contributed by atoms with van der Waals surface area (Å²) in [5.41, 5.74) is 2.95. The standard InChI is InChI=1S/C14H21N3O2/c1-14(7-4-8-19-14)13(18)17(2)9-12-10-5-3-6-11(10)15-16-12/h3-9H2,1-2H3,(H,15,16)/t14-/m0/s1. The minimum Gasteiger partial charge on any atom is -0.365 e. The van der Waals surface area contributed by atoms with E-state index >= 15 is 0 Å². The van der Waals surface area contributed by atoms with Crippen molar-refractivity contribution in [3.8, 4) is 0 Å². The molecule has 1 fully saturated rings. The van der Waals surface area contributed by atoms with E-state index in [9.17, 15) is 4.79 Å². The van der Waals surface area contributed by atoms with Crippen LogP contribution in [0.4, 0.5) is 0 Å². The van der Waals surface area contributed by atoms with Crippen LogP contribution in [0.5, 0.6) is 0 Å². The van der Waals surface area contributed by atoms with Crippen LogP contribution < -0.4 is 0 Å². The second-order valence-electron chi connectivity index (χ2n) is 5.83. The van der Waals surface area contributed by atoms with Crippen molar-refractivity contribution < 1.29 is 9.53 Å². The average molecular weight is 263 g/mol. The molecule has 104 valence electrons. The van der Waals surface area contributed by atoms with E-state index in [-0.39, 0.29) is 5.91 Å². The number of likely N-dealkylation sites (N-methyl/N-ethyl adjacent to an activating group) is 1. The predicted octanol–water partition coefficient (Wildman–Crippen LogP) is 1.43. The minimum atomic E-state index is -0.631. The molecule has 0 saturated carbocycles. The summed E-state index contributed by atoms with van der Waals surface area (Å²) in [6, 6.07) is 0. The van der Waals surface area contributed by atoms with Gasteiger partial charge in [0.1, 0.15) is 5.60 Å². The normalized spacial score (nSPS) is 25.6. The Kier molecular flexibility index (Phi) is 3.09. The SMILES string of the molecule is CN(Cc1n[nH]c2c1CCC2)C(=O)[C@]1(C)CCCO1. The molecule has 19 heavy (non-hydrogen) atoms. The summed E-state index contributed by atoms with van der Waals surface area (Å²) in [4.78, 5) is 14.2. The van der Waals surface area contributed by atoms with Gasteiger partial charge in [-0.05, 0) is 44.6 Å². The largest absolute Gasteiger partial charge is 0.365 e. The Morgan fingerprint density at radius 2 is 2.32 bits per heavy atom. The lowest BCUT2D eigenvalue weighted by molar-refractivity contribution is -0.150. The molecule has 0 aromatic carbocycles. The highest BCUT2D eigenvalue weighted by atomic mass is 16.5. The first-order chi connectivity index (χ1) is 9.10. The Morgan fingerprint density at radius 1 is 1.47 bits per heavy atom. The number of nitrogens with zero attached hydrogens (tertiary/aromatic N) is 2. The molecule has 1 aromatic heterocycles. The summed E-state index contributed by atoms with van der Waals surface area (Å²) in [5, 5.41) is 7.44. The van der Waals surface area contributed by atoms with E-state index in [0.29, 0.717) is 13.2 Å². The molecule has 1 amide bonds. The van der Waals surface area contributed by atoms with Gasteiger partial charge in [0.15, 0.2) is 0 Å². The van der Waals surface area contributed by atoms with E-state index in [1.54, 1.807) is 4.90 Å². The Morgan fingerprint density at radius 3 is 3.05 bits per heavy atom. The van der Waals surface area contributed by atoms with Crippen molar-refractivity contribution in [2.75, 3.05) is 13.7 Å². The Hall–Kier alpha value is -1.36. The molecule has 1 saturated heterocycles. The third-order valence-electron chi connectivity index (χ3n) is 4.30. The summed E-state index contributed by atoms with van der Waals surface area (Å²) in [7, 11) is 1.84. The van der Waals surface area contributed by atoms with Crippen molar-refractivity contribution in [3.05, 3.63) is 17.0 Å². The summed E-state index contributed by atoms with van der Waals surface area (Å²) in [6.07, 6.45) is 5.13. The van der Waals surface area contributed by atoms with Gasteiger partial charge in [-0.3, -0.25) is 9.89 Å². The summed E-state index contributed by atoms with van der Waals surface area (Å²) in [6.45, 7) is 3.16. The molecule has 1 atom stereocenters. The smallest absolute Gasteiger partial charge is 0.254 e. The molecule has 0 radical (unpaired) electrons. The zero-order valence-electron chi connectivity index (χ0n) is 11.7. The molecule has 3 rings (SSSR count). The van der Waals surface area contributed by atoms with E-state index in [1.165, 1.54) is 17.7 Å². The van der Waals surface area contributed by atoms with Crippen molar-refractivity contribution in [1.29, 1.82) is 0 Å². The van der Waals surface area contributed by atoms with Crippen LogP contribution in [0.1, 0.15) is 43.1 Å². The monoisotopic (exact) mass is 263 g/mol. The molecule has 5 nitrogen and oxygen atoms in total. The number of ether oxygens (including phenoxy) is 1. The maximum absolute atomic E-state index is 12.5. The molecule has 2 heterocycles. The van der Waals surface area contributed by atoms with Crippen LogP contribution in [0.2, 0.25) is 0 Å². The first-order valence-corrected chi connectivity index (χ1v) is 7.05. The molecule has 1 N–H and O–H groups in total. The average Bonchev–Trinajstić information content (AvgIpc) is 3.07. The van der Waals surface area contributed by atoms with Crippen molar-refractivity contribution in [3.63, 3.8) is 0 Å². The lowest BCUT2D eigenvalue weighted by Crippen LogP contribution is -2.44. The molecule has 2 aliphatic rings. The van der Waals surface area contributed by atoms with Gasteiger partial charge in [0, 0.05) is 19.3 Å². The molecule has 1 aromatic rings. The fourth-order valence-electron chi connectivity index (χ4n) is 3.17. The van der Waals surface area contributed by atoms with E-state index < -0.39 is 5.60 Å². The number of nitrogens with one attached hydrogen (secondary N) is 1. The van der Waals surface area contributed by atoms with E-state index in [1.807, 2.05) is 14.0 Å². The Balaban J connectivity index is 1.70. The number of H-pyrrole nitrogens is 1. The number of fused-ring (bicyclic) bond motifs is 1. The van der Waals surface area contributed by atoms with Crippen molar-refractivity contribution >= 4 is 5.91 Å². The van der Waals surface area contributed by atoms with Gasteiger partial charge in [-0.1, -0.05) is 0 Å². The number of carbonyl (C=O) groups excluding carboxylic acids is 1. The number of aromatic nitrogens is 2. The lowest BCUT2D eigenvalue weighted by Gasteiger charge is -2.28. The second-order valence-corrected chi connectivity index (χ2v) is 5.83. The van der Waals surface area contributed by atoms with Crippen LogP contribution in [0.15, 0.2) is 0 Å². The molecule has 0 spiro atoms. The van der Waals surface area contributed by atoms with Gasteiger partial charge in [-0.15, -0.1) is 0 Å². The molecule has 1 aliphatic carbocycles. The van der Waals surface area contributed by atoms with Crippen LogP contribution in [-0.4, -0.2) is 40.3 Å². The van der Waals surface area contributed by atoms with Gasteiger partial charge in [0.05, 0.1) is 12.2 Å². The molecule has 0 bridgehead atoms. The van der Waals surface area contributed by atoms with E-state index in [0.717, 1.165) is 31.4 Å². The summed E-state index contributed by atoms with van der Waals surface area (Å²) < 4.78 is 5.62. The lowest BCUT2D eigenvalue weighted by atomic mass is 10.0. The molecule has 5 heteroatoms. The zero-order valence-corrected chi connectivity index (χ0v) is 11.7. The van der Waals surface area contributed by atoms with Gasteiger partial charge in [0.2, 0.25) is 0 Å². The third-order valence-corrected chi connectivity index (χ3v) is 4.30. The van der Waals surface area contributed by atoms with Gasteiger partial charge in [-0.2, -0.15) is 5.10 Å². The van der Waals surface area contributed by atoms with Crippen LogP contribution in [-0.2, 0) is 28.9 Å². The van der Waals surface area contributed by atoms with E-state index in [2.05, 4.69) is 10.2 Å². The van der Waals surface area contributed by atoms with Gasteiger partial charge >= 0.3 is 0 Å². The first-order valence-electron chi connectivity index (χ1n) is 7.05. The quantitative estimate of drug-likeness (QED) is 0.897. The fourth-order valence-corrected chi connectivity index (χ4v) is 3.17. The van der Waals surface area contributed by atoms with Crippen LogP contribution in [0, 0.1) is 0 Å². The number of rotatable bonds is 3. The maximum atomic E-state index is 12.5.